The van der Waals surface area contributed by atoms with E-state index in [1.807, 2.05) is 0 Å². The molecule has 2 aromatic rings. The van der Waals surface area contributed by atoms with E-state index in [0.717, 1.165) is 11.5 Å². The third-order valence-corrected chi connectivity index (χ3v) is 36.7. The van der Waals surface area contributed by atoms with Gasteiger partial charge in [-0.15, -0.1) is 0 Å². The van der Waals surface area contributed by atoms with E-state index in [4.69, 9.17) is 0 Å². The Bertz CT molecular complexity index is 658. The summed E-state index contributed by atoms with van der Waals surface area (Å²) in [5.74, 6) is 2.02. The molecule has 2 aromatic carbocycles. The molecule has 0 aliphatic carbocycles. The van der Waals surface area contributed by atoms with Crippen molar-refractivity contribution in [2.75, 3.05) is 0 Å². The second-order valence-corrected chi connectivity index (χ2v) is 31.1. The van der Waals surface area contributed by atoms with E-state index in [0.29, 0.717) is 7.87 Å². The Labute approximate surface area is 174 Å². The molecule has 140 valence electrons. The Morgan fingerprint density at radius 2 is 0.963 bits per heavy atom. The van der Waals surface area contributed by atoms with E-state index in [1.165, 1.54) is 11.1 Å². The number of hydrogen-bond acceptors (Lipinski definition) is 2. The van der Waals surface area contributed by atoms with Crippen molar-refractivity contribution < 1.29 is 0 Å². The first-order chi connectivity index (χ1) is 13.2. The number of rotatable bonds is 12. The summed E-state index contributed by atoms with van der Waals surface area (Å²) in [5.41, 5.74) is 2.73. The fraction of sp³-hybridized carbons (Fsp3) is 0.167. The predicted octanol–water partition coefficient (Wildman–Crippen LogP) is 7.78. The molecule has 0 amide bonds. The van der Waals surface area contributed by atoms with Crippen LogP contribution in [-0.4, -0.2) is 15.6 Å². The average molecular weight is 499 g/mol. The van der Waals surface area contributed by atoms with Gasteiger partial charge >= 0.3 is 175 Å². The Hall–Kier alpha value is -1.10. The van der Waals surface area contributed by atoms with Gasteiger partial charge in [-0.05, 0) is 0 Å². The number of benzene rings is 2. The minimum atomic E-state index is -3.01. The van der Waals surface area contributed by atoms with E-state index in [9.17, 15) is 0 Å². The van der Waals surface area contributed by atoms with Crippen LogP contribution < -0.4 is 0 Å². The predicted molar refractivity (Wildman–Crippen MR) is 130 cm³/mol. The normalized spacial score (nSPS) is 11.3. The summed E-state index contributed by atoms with van der Waals surface area (Å²) in [7, 11) is 4.29. The van der Waals surface area contributed by atoms with Crippen LogP contribution in [0.25, 0.3) is 0 Å². The van der Waals surface area contributed by atoms with Gasteiger partial charge in [-0.2, -0.15) is 0 Å². The molecule has 0 saturated carbocycles. The zero-order chi connectivity index (χ0) is 19.5. The van der Waals surface area contributed by atoms with E-state index < -0.39 is 15.6 Å². The van der Waals surface area contributed by atoms with Gasteiger partial charge in [-0.1, -0.05) is 0 Å². The van der Waals surface area contributed by atoms with Crippen LogP contribution in [0.5, 0.6) is 0 Å². The summed E-state index contributed by atoms with van der Waals surface area (Å²) in [6.07, 6.45) is 8.39. The maximum atomic E-state index is 4.14. The molecule has 0 fully saturated rings. The van der Waals surface area contributed by atoms with Gasteiger partial charge in [0.1, 0.15) is 0 Å². The van der Waals surface area contributed by atoms with Crippen LogP contribution in [0.3, 0.4) is 0 Å². The van der Waals surface area contributed by atoms with Crippen LogP contribution in [0.2, 0.25) is 7.87 Å². The van der Waals surface area contributed by atoms with Crippen LogP contribution in [0.4, 0.5) is 0 Å². The van der Waals surface area contributed by atoms with E-state index in [2.05, 4.69) is 129 Å². The molecule has 2 rings (SSSR count). The fourth-order valence-corrected chi connectivity index (χ4v) is 33.3. The summed E-state index contributed by atoms with van der Waals surface area (Å²) >= 11 is -3.01. The molecular weight excluding hydrogens is 471 g/mol. The van der Waals surface area contributed by atoms with Gasteiger partial charge in [-0.25, -0.2) is 0 Å². The van der Waals surface area contributed by atoms with Crippen molar-refractivity contribution in [2.45, 2.75) is 19.4 Å². The van der Waals surface area contributed by atoms with Gasteiger partial charge in [0.25, 0.3) is 0 Å². The molecule has 0 aliphatic rings. The molecule has 27 heavy (non-hydrogen) atoms. The third-order valence-electron chi connectivity index (χ3n) is 4.56. The fourth-order valence-electron chi connectivity index (χ4n) is 3.04. The molecular formula is C24H28S2Sn. The Morgan fingerprint density at radius 3 is 1.26 bits per heavy atom. The molecule has 0 radical (unpaired) electrons. The standard InChI is InChI=1S/2C7H8S.2C5H7.Sn/c2*8-6-7-4-2-1-3-5-7;2*1-3-5-4-2;/h2*1-5,8H,6H2;2*3-5H,1-2H2;/q;;;;+2/p-2. The molecule has 0 aromatic heterocycles. The van der Waals surface area contributed by atoms with E-state index in [1.54, 1.807) is 0 Å². The Balaban J connectivity index is 2.37. The van der Waals surface area contributed by atoms with Crippen LogP contribution in [-0.2, 0) is 11.5 Å². The van der Waals surface area contributed by atoms with Gasteiger partial charge < -0.3 is 0 Å². The first-order valence-electron chi connectivity index (χ1n) is 9.06. The molecule has 0 heterocycles. The second kappa shape index (κ2) is 11.7. The summed E-state index contributed by atoms with van der Waals surface area (Å²) in [4.78, 5) is 0. The van der Waals surface area contributed by atoms with Crippen LogP contribution in [0, 0.1) is 0 Å². The Morgan fingerprint density at radius 1 is 0.630 bits per heavy atom. The zero-order valence-corrected chi connectivity index (χ0v) is 20.3. The van der Waals surface area contributed by atoms with E-state index >= 15 is 0 Å². The summed E-state index contributed by atoms with van der Waals surface area (Å²) in [6.45, 7) is 16.6. The van der Waals surface area contributed by atoms with Crippen molar-refractivity contribution in [3.8, 4) is 0 Å². The monoisotopic (exact) mass is 500 g/mol. The quantitative estimate of drug-likeness (QED) is 0.216. The second-order valence-electron chi connectivity index (χ2n) is 6.26. The van der Waals surface area contributed by atoms with Gasteiger partial charge in [0.05, 0.1) is 0 Å². The van der Waals surface area contributed by atoms with Crippen LogP contribution >= 0.6 is 17.9 Å². The molecule has 0 saturated heterocycles. The van der Waals surface area contributed by atoms with Crippen LogP contribution in [0.1, 0.15) is 11.1 Å². The topological polar surface area (TPSA) is 0 Å². The summed E-state index contributed by atoms with van der Waals surface area (Å²) in [6, 6.07) is 21.4. The molecule has 0 aliphatic heterocycles. The van der Waals surface area contributed by atoms with Crippen LogP contribution in [0.15, 0.2) is 111 Å². The van der Waals surface area contributed by atoms with Crippen molar-refractivity contribution in [1.29, 1.82) is 0 Å². The zero-order valence-electron chi connectivity index (χ0n) is 15.8. The SMILES string of the molecule is C=C[CH](C=C)[Sn]([S]Cc1ccccc1)([S]Cc1ccccc1)[CH](C=C)C=C. The van der Waals surface area contributed by atoms with Crippen molar-refractivity contribution in [2.24, 2.45) is 0 Å². The maximum absolute atomic E-state index is 4.14. The summed E-state index contributed by atoms with van der Waals surface area (Å²) < 4.78 is 0.672. The number of allylic oxidation sites excluding steroid dienone is 4. The molecule has 3 heteroatoms. The molecule has 0 atom stereocenters. The van der Waals surface area contributed by atoms with Crippen molar-refractivity contribution in [3.05, 3.63) is 122 Å². The average Bonchev–Trinajstić information content (AvgIpc) is 2.73. The van der Waals surface area contributed by atoms with Gasteiger partial charge in [0.2, 0.25) is 0 Å². The Kier molecular flexibility index (Phi) is 9.60. The number of hydrogen-bond donors (Lipinski definition) is 0. The summed E-state index contributed by atoms with van der Waals surface area (Å²) in [5, 5.41) is 0. The van der Waals surface area contributed by atoms with Gasteiger partial charge in [0, 0.05) is 0 Å². The molecule has 0 spiro atoms. The van der Waals surface area contributed by atoms with E-state index in [-0.39, 0.29) is 0 Å². The van der Waals surface area contributed by atoms with Crippen molar-refractivity contribution in [1.82, 2.24) is 0 Å². The molecule has 0 N–H and O–H groups in total. The van der Waals surface area contributed by atoms with Gasteiger partial charge in [0.15, 0.2) is 0 Å². The third kappa shape index (κ3) is 5.94. The molecule has 0 bridgehead atoms. The first kappa shape index (κ1) is 22.2. The van der Waals surface area contributed by atoms with Gasteiger partial charge in [-0.3, -0.25) is 0 Å². The first-order valence-corrected chi connectivity index (χ1v) is 21.3. The van der Waals surface area contributed by atoms with Crippen molar-refractivity contribution in [3.63, 3.8) is 0 Å². The molecule has 0 nitrogen and oxygen atoms in total. The molecule has 0 unspecified atom stereocenters. The minimum absolute atomic E-state index is 0.336. The van der Waals surface area contributed by atoms with Crippen molar-refractivity contribution >= 4 is 33.5 Å².